The van der Waals surface area contributed by atoms with Crippen molar-refractivity contribution in [2.75, 3.05) is 51.2 Å². The number of aryl methyl sites for hydroxylation is 2. The van der Waals surface area contributed by atoms with Gasteiger partial charge < -0.3 is 23.8 Å². The molecule has 2 bridgehead atoms. The summed E-state index contributed by atoms with van der Waals surface area (Å²) < 4.78 is 44.8. The molecule has 1 saturated carbocycles. The maximum atomic E-state index is 14.7. The first-order valence-electron chi connectivity index (χ1n) is 19.0. The normalized spacial score (nSPS) is 31.1. The van der Waals surface area contributed by atoms with Crippen molar-refractivity contribution in [3.63, 3.8) is 0 Å². The van der Waals surface area contributed by atoms with E-state index in [4.69, 9.17) is 30.5 Å². The third kappa shape index (κ3) is 7.20. The smallest absolute Gasteiger partial charge is 0.285 e. The Hall–Kier alpha value is -3.78. The lowest BCUT2D eigenvalue weighted by Gasteiger charge is -2.46. The Kier molecular flexibility index (Phi) is 10.4. The number of hydrogen-bond donors (Lipinski definition) is 0. The number of aliphatic imine (C=N–C) groups is 1. The second-order valence-electron chi connectivity index (χ2n) is 15.6. The lowest BCUT2D eigenvalue weighted by Crippen LogP contribution is -2.50. The number of amides is 2. The number of benzene rings is 2. The quantitative estimate of drug-likeness (QED) is 0.222. The van der Waals surface area contributed by atoms with E-state index in [1.807, 2.05) is 25.3 Å². The van der Waals surface area contributed by atoms with Gasteiger partial charge in [0, 0.05) is 61.8 Å². The summed E-state index contributed by atoms with van der Waals surface area (Å²) in [6.07, 6.45) is 8.59. The monoisotopic (exact) mass is 777 g/mol. The molecule has 54 heavy (non-hydrogen) atoms. The molecule has 1 aromatic heterocycles. The van der Waals surface area contributed by atoms with Crippen molar-refractivity contribution in [1.29, 1.82) is 0 Å². The Morgan fingerprint density at radius 2 is 2.00 bits per heavy atom. The molecule has 2 aromatic carbocycles. The van der Waals surface area contributed by atoms with Crippen LogP contribution in [0.15, 0.2) is 52.0 Å². The number of nitrogens with zero attached hydrogens (tertiary/aromatic N) is 5. The van der Waals surface area contributed by atoms with Crippen LogP contribution in [-0.4, -0.2) is 89.8 Å². The Morgan fingerprint density at radius 1 is 1.13 bits per heavy atom. The minimum Gasteiger partial charge on any atom is -0.490 e. The van der Waals surface area contributed by atoms with Crippen molar-refractivity contribution in [2.24, 2.45) is 34.2 Å². The molecule has 1 unspecified atom stereocenters. The summed E-state index contributed by atoms with van der Waals surface area (Å²) in [5.41, 5.74) is 4.54. The summed E-state index contributed by atoms with van der Waals surface area (Å²) in [7, 11) is 1.41. The molecule has 2 fully saturated rings. The van der Waals surface area contributed by atoms with Crippen LogP contribution in [0.4, 0.5) is 5.69 Å². The van der Waals surface area contributed by atoms with Crippen LogP contribution < -0.4 is 14.4 Å². The van der Waals surface area contributed by atoms with Crippen LogP contribution in [0, 0.1) is 17.8 Å². The van der Waals surface area contributed by atoms with Crippen molar-refractivity contribution in [3.8, 4) is 11.6 Å². The Bertz CT molecular complexity index is 2100. The second kappa shape index (κ2) is 15.0. The summed E-state index contributed by atoms with van der Waals surface area (Å²) in [6, 6.07) is 11.6. The van der Waals surface area contributed by atoms with Crippen molar-refractivity contribution in [1.82, 2.24) is 9.78 Å². The van der Waals surface area contributed by atoms with Gasteiger partial charge in [-0.15, -0.1) is 5.10 Å². The van der Waals surface area contributed by atoms with Gasteiger partial charge in [-0.2, -0.15) is 4.36 Å². The van der Waals surface area contributed by atoms with E-state index in [1.54, 1.807) is 13.1 Å². The lowest BCUT2D eigenvalue weighted by molar-refractivity contribution is -0.0364. The average Bonchev–Trinajstić information content (AvgIpc) is 3.74. The number of hydrogen-bond acceptors (Lipinski definition) is 9. The first-order valence-corrected chi connectivity index (χ1v) is 21.1. The average molecular weight is 778 g/mol. The van der Waals surface area contributed by atoms with E-state index in [0.29, 0.717) is 43.8 Å². The molecule has 3 aromatic rings. The highest BCUT2D eigenvalue weighted by Gasteiger charge is 2.45. The van der Waals surface area contributed by atoms with E-state index in [1.165, 1.54) is 29.1 Å². The molecular weight excluding hydrogens is 730 g/mol. The van der Waals surface area contributed by atoms with Gasteiger partial charge in [0.1, 0.15) is 16.9 Å². The largest absolute Gasteiger partial charge is 0.490 e. The van der Waals surface area contributed by atoms with Gasteiger partial charge in [-0.1, -0.05) is 17.7 Å². The van der Waals surface area contributed by atoms with Gasteiger partial charge in [-0.25, -0.2) is 9.20 Å². The van der Waals surface area contributed by atoms with Crippen molar-refractivity contribution < 1.29 is 32.7 Å². The summed E-state index contributed by atoms with van der Waals surface area (Å²) >= 11 is 6.48. The molecule has 0 N–H and O–H groups in total. The van der Waals surface area contributed by atoms with E-state index in [9.17, 15) is 13.8 Å². The summed E-state index contributed by atoms with van der Waals surface area (Å²) in [6.45, 7) is 2.60. The van der Waals surface area contributed by atoms with Gasteiger partial charge in [0.05, 0.1) is 41.3 Å². The van der Waals surface area contributed by atoms with Gasteiger partial charge in [0.15, 0.2) is 0 Å². The Labute approximate surface area is 321 Å². The zero-order chi connectivity index (χ0) is 37.6. The molecule has 5 aliphatic rings. The van der Waals surface area contributed by atoms with Gasteiger partial charge >= 0.3 is 0 Å². The SMILES string of the molecule is COc1nn(C)cc1C(=O)N=CS1(=O)=NC(=O)c2ccc3c(c2)N(C[C@@H]2CC[C@H]2[C@@H](OC)C[C@H]2CCO[C@@H]2CC1)C[C@@]1(CCCc2cc(Cl)ccc21)CO3. The van der Waals surface area contributed by atoms with Crippen molar-refractivity contribution in [3.05, 3.63) is 69.9 Å². The van der Waals surface area contributed by atoms with Gasteiger partial charge in [0.2, 0.25) is 5.88 Å². The molecule has 288 valence electrons. The van der Waals surface area contributed by atoms with Crippen LogP contribution >= 0.6 is 11.6 Å². The number of aromatic nitrogens is 2. The van der Waals surface area contributed by atoms with E-state index in [2.05, 4.69) is 31.5 Å². The molecule has 8 rings (SSSR count). The van der Waals surface area contributed by atoms with Crippen molar-refractivity contribution >= 4 is 44.4 Å². The molecule has 12 nitrogen and oxygen atoms in total. The fraction of sp³-hybridized carbons (Fsp3) is 0.550. The van der Waals surface area contributed by atoms with Crippen molar-refractivity contribution in [2.45, 2.75) is 69.0 Å². The van der Waals surface area contributed by atoms with E-state index in [-0.39, 0.29) is 46.3 Å². The summed E-state index contributed by atoms with van der Waals surface area (Å²) in [4.78, 5) is 33.8. The lowest BCUT2D eigenvalue weighted by atomic mass is 9.67. The second-order valence-corrected chi connectivity index (χ2v) is 18.2. The minimum atomic E-state index is -3.47. The van der Waals surface area contributed by atoms with E-state index in [0.717, 1.165) is 67.7 Å². The number of fused-ring (bicyclic) bond motifs is 5. The predicted octanol–water partition coefficient (Wildman–Crippen LogP) is 6.27. The molecule has 2 aliphatic carbocycles. The maximum Gasteiger partial charge on any atom is 0.285 e. The first-order chi connectivity index (χ1) is 26.1. The molecule has 4 heterocycles. The number of rotatable bonds is 4. The van der Waals surface area contributed by atoms with Crippen LogP contribution in [0.25, 0.3) is 0 Å². The zero-order valence-electron chi connectivity index (χ0n) is 31.1. The molecular formula is C40H48ClN5O7S. The fourth-order valence-electron chi connectivity index (χ4n) is 9.43. The molecule has 7 atom stereocenters. The highest BCUT2D eigenvalue weighted by atomic mass is 35.5. The summed E-state index contributed by atoms with van der Waals surface area (Å²) in [5, 5.41) is 4.87. The number of carbonyl (C=O) groups is 2. The highest BCUT2D eigenvalue weighted by molar-refractivity contribution is 8.06. The van der Waals surface area contributed by atoms with Gasteiger partial charge in [0.25, 0.3) is 11.8 Å². The first kappa shape index (κ1) is 37.2. The standard InChI is InChI=1S/C40H48ClN5O7S/c1-45-21-31(39(43-45)51-3)38(48)42-24-54(49)16-13-34-26(12-15-52-34)19-36(50-2)30-9-6-28(30)20-46-22-40(14-4-5-25-17-29(41)8-10-32(25)40)23-53-35-11-7-27(18-33(35)46)37(47)44-54/h7-8,10-11,17-18,21,24,26,28,30,34,36H,4-6,9,12-16,19-20,22-23H2,1-3H3/t26-,28+,30-,34-,36+,40+,54?/m1/s1. The predicted molar refractivity (Wildman–Crippen MR) is 207 cm³/mol. The molecule has 0 radical (unpaired) electrons. The summed E-state index contributed by atoms with van der Waals surface area (Å²) in [5.74, 6) is 0.430. The molecule has 2 amide bonds. The molecule has 14 heteroatoms. The Balaban J connectivity index is 1.20. The highest BCUT2D eigenvalue weighted by Crippen LogP contribution is 2.48. The van der Waals surface area contributed by atoms with Gasteiger partial charge in [-0.3, -0.25) is 14.3 Å². The third-order valence-corrected chi connectivity index (χ3v) is 14.3. The number of carbonyl (C=O) groups excluding carboxylic acids is 2. The number of ether oxygens (including phenoxy) is 4. The number of halogens is 1. The van der Waals surface area contributed by atoms with E-state index >= 15 is 0 Å². The van der Waals surface area contributed by atoms with Crippen LogP contribution in [0.5, 0.6) is 11.6 Å². The topological polar surface area (TPSA) is 134 Å². The molecule has 1 saturated heterocycles. The Morgan fingerprint density at radius 3 is 2.80 bits per heavy atom. The van der Waals surface area contributed by atoms with Crippen LogP contribution in [-0.2, 0) is 38.1 Å². The minimum absolute atomic E-state index is 0.00329. The number of methoxy groups -OCH3 is 2. The van der Waals surface area contributed by atoms with Gasteiger partial charge in [-0.05, 0) is 111 Å². The number of anilines is 1. The van der Waals surface area contributed by atoms with Crippen LogP contribution in [0.3, 0.4) is 0 Å². The fourth-order valence-corrected chi connectivity index (χ4v) is 11.1. The van der Waals surface area contributed by atoms with E-state index < -0.39 is 21.5 Å². The van der Waals surface area contributed by atoms with Crippen LogP contribution in [0.2, 0.25) is 5.02 Å². The zero-order valence-corrected chi connectivity index (χ0v) is 32.7. The maximum absolute atomic E-state index is 14.7. The third-order valence-electron chi connectivity index (χ3n) is 12.4. The van der Waals surface area contributed by atoms with Crippen LogP contribution in [0.1, 0.15) is 76.8 Å². The molecule has 3 aliphatic heterocycles. The molecule has 1 spiro atoms.